The van der Waals surface area contributed by atoms with Gasteiger partial charge in [-0.3, -0.25) is 19.3 Å². The molecule has 0 radical (unpaired) electrons. The van der Waals surface area contributed by atoms with Gasteiger partial charge in [0.25, 0.3) is 5.91 Å². The molecule has 0 saturated heterocycles. The number of amides is 1. The molecule has 5 rings (SSSR count). The number of aryl methyl sites for hydroxylation is 1. The number of unbranched alkanes of at least 4 members (excludes halogenated alkanes) is 2. The van der Waals surface area contributed by atoms with Crippen LogP contribution in [0, 0.1) is 11.8 Å². The summed E-state index contributed by atoms with van der Waals surface area (Å²) in [5, 5.41) is 55.9. The maximum atomic E-state index is 14.1. The van der Waals surface area contributed by atoms with Gasteiger partial charge in [-0.1, -0.05) is 18.6 Å². The summed E-state index contributed by atoms with van der Waals surface area (Å²) in [5.41, 5.74) is 3.03. The zero-order valence-corrected chi connectivity index (χ0v) is 23.8. The van der Waals surface area contributed by atoms with Crippen molar-refractivity contribution in [1.29, 1.82) is 0 Å². The number of likely N-dealkylation sites (N-methyl/N-ethyl adjacent to an activating group) is 1. The van der Waals surface area contributed by atoms with E-state index in [0.29, 0.717) is 34.9 Å². The Morgan fingerprint density at radius 3 is 2.45 bits per heavy atom. The summed E-state index contributed by atoms with van der Waals surface area (Å²) in [7, 11) is 4.59. The molecular formula is C31H36N2O9. The number of aromatic hydroxyl groups is 1. The number of fused-ring (bicyclic) bond motifs is 4. The second-order valence-electron chi connectivity index (χ2n) is 11.6. The number of hydrogen-bond donors (Lipinski definition) is 6. The molecule has 0 bridgehead atoms. The molecule has 1 amide bonds. The minimum Gasteiger partial charge on any atom is -0.508 e. The van der Waals surface area contributed by atoms with Crippen LogP contribution in [-0.4, -0.2) is 87.4 Å². The molecule has 0 heterocycles. The Balaban J connectivity index is 1.69. The number of carbonyl (C=O) groups excluding carboxylic acids is 3. The average molecular weight is 581 g/mol. The van der Waals surface area contributed by atoms with Gasteiger partial charge in [0.1, 0.15) is 28.6 Å². The van der Waals surface area contributed by atoms with E-state index in [0.717, 1.165) is 18.4 Å². The Morgan fingerprint density at radius 1 is 1.12 bits per heavy atom. The molecule has 0 aliphatic heterocycles. The number of primary amides is 1. The van der Waals surface area contributed by atoms with Gasteiger partial charge in [-0.25, -0.2) is 0 Å². The van der Waals surface area contributed by atoms with Crippen molar-refractivity contribution in [1.82, 2.24) is 4.90 Å². The van der Waals surface area contributed by atoms with Crippen molar-refractivity contribution in [2.75, 3.05) is 27.8 Å². The highest BCUT2D eigenvalue weighted by atomic mass is 16.5. The lowest BCUT2D eigenvalue weighted by Gasteiger charge is -2.50. The van der Waals surface area contributed by atoms with Crippen LogP contribution >= 0.6 is 0 Å². The van der Waals surface area contributed by atoms with E-state index in [9.17, 15) is 34.8 Å². The molecule has 224 valence electrons. The fraction of sp³-hybridized carbons (Fsp3) is 0.452. The number of benzene rings is 2. The third kappa shape index (κ3) is 4.18. The zero-order valence-electron chi connectivity index (χ0n) is 23.8. The molecule has 4 atom stereocenters. The van der Waals surface area contributed by atoms with E-state index in [2.05, 4.69) is 0 Å². The summed E-state index contributed by atoms with van der Waals surface area (Å²) in [5.74, 6) is -6.49. The normalized spacial score (nSPS) is 25.5. The van der Waals surface area contributed by atoms with Crippen LogP contribution in [0.1, 0.15) is 42.4 Å². The van der Waals surface area contributed by atoms with Crippen LogP contribution in [0.25, 0.3) is 16.5 Å². The molecule has 7 N–H and O–H groups in total. The van der Waals surface area contributed by atoms with Gasteiger partial charge < -0.3 is 36.0 Å². The number of ketones is 2. The molecule has 42 heavy (non-hydrogen) atoms. The highest BCUT2D eigenvalue weighted by Crippen LogP contribution is 2.55. The average Bonchev–Trinajstić information content (AvgIpc) is 2.93. The van der Waals surface area contributed by atoms with Crippen molar-refractivity contribution in [3.05, 3.63) is 51.8 Å². The predicted molar refractivity (Wildman–Crippen MR) is 153 cm³/mol. The summed E-state index contributed by atoms with van der Waals surface area (Å²) >= 11 is 0. The molecule has 0 unspecified atom stereocenters. The highest BCUT2D eigenvalue weighted by Gasteiger charge is 2.64. The maximum Gasteiger partial charge on any atom is 0.255 e. The summed E-state index contributed by atoms with van der Waals surface area (Å²) in [4.78, 5) is 41.0. The van der Waals surface area contributed by atoms with E-state index in [1.807, 2.05) is 12.1 Å². The first-order valence-electron chi connectivity index (χ1n) is 14.0. The number of Topliss-reactive ketones (excluding diaryl/α,β-unsaturated/α-hetero) is 2. The van der Waals surface area contributed by atoms with Gasteiger partial charge in [0.15, 0.2) is 11.4 Å². The van der Waals surface area contributed by atoms with Gasteiger partial charge in [-0.15, -0.1) is 0 Å². The minimum absolute atomic E-state index is 0.000489. The molecule has 1 fully saturated rings. The van der Waals surface area contributed by atoms with E-state index in [1.54, 1.807) is 20.2 Å². The van der Waals surface area contributed by atoms with Crippen LogP contribution in [0.2, 0.25) is 0 Å². The number of aliphatic hydroxyl groups is 4. The molecule has 0 spiro atoms. The topological polar surface area (TPSA) is 191 Å². The van der Waals surface area contributed by atoms with E-state index < -0.39 is 58.0 Å². The Bertz CT molecular complexity index is 1570. The Morgan fingerprint density at radius 2 is 1.83 bits per heavy atom. The van der Waals surface area contributed by atoms with Crippen molar-refractivity contribution >= 4 is 34.0 Å². The summed E-state index contributed by atoms with van der Waals surface area (Å²) < 4.78 is 5.78. The smallest absolute Gasteiger partial charge is 0.255 e. The van der Waals surface area contributed by atoms with Gasteiger partial charge in [-0.05, 0) is 63.7 Å². The molecule has 0 aromatic heterocycles. The molecule has 1 saturated carbocycles. The Kier molecular flexibility index (Phi) is 7.55. The standard InChI is InChI=1S/C31H36N2O9/c1-33(2)23-19-13-15-12-18-21(25(36)20(15)28(38)31(19,41)29(39)22(26(23)37)30(32)40)24(35)17-11-14(7-5-4-6-10-34)8-9-16(17)27(18)42-3/h8-9,11,15,19,23,34-36,39,41H,4-7,10,12-13H2,1-3H3,(H2,32,40)/t15-,19-,23-,31-/m0/s1. The minimum atomic E-state index is -2.69. The Labute approximate surface area is 242 Å². The van der Waals surface area contributed by atoms with E-state index in [4.69, 9.17) is 15.6 Å². The van der Waals surface area contributed by atoms with Crippen LogP contribution in [0.3, 0.4) is 0 Å². The lowest BCUT2D eigenvalue weighted by Crippen LogP contribution is -2.65. The van der Waals surface area contributed by atoms with Crippen LogP contribution in [0.4, 0.5) is 0 Å². The van der Waals surface area contributed by atoms with Gasteiger partial charge in [0.05, 0.1) is 18.7 Å². The quantitative estimate of drug-likeness (QED) is 0.198. The third-order valence-corrected chi connectivity index (χ3v) is 9.04. The summed E-state index contributed by atoms with van der Waals surface area (Å²) in [6, 6.07) is 4.42. The number of phenolic OH excluding ortho intramolecular Hbond substituents is 1. The molecule has 2 aromatic carbocycles. The number of ether oxygens (including phenoxy) is 1. The van der Waals surface area contributed by atoms with Crippen molar-refractivity contribution in [2.45, 2.75) is 50.2 Å². The lowest BCUT2D eigenvalue weighted by atomic mass is 9.57. The summed E-state index contributed by atoms with van der Waals surface area (Å²) in [6.07, 6.45) is 3.22. The lowest BCUT2D eigenvalue weighted by molar-refractivity contribution is -0.153. The third-order valence-electron chi connectivity index (χ3n) is 9.04. The van der Waals surface area contributed by atoms with Gasteiger partial charge in [0.2, 0.25) is 5.78 Å². The fourth-order valence-electron chi connectivity index (χ4n) is 7.13. The molecule has 11 heteroatoms. The SMILES string of the molecule is COc1c2c(c(O)c3cc(CCCCCO)ccc13)C(O)=C1C(=O)[C@]3(O)C(O)=C(C(N)=O)C(=O)[C@@H](N(C)C)[C@@H]3C[C@@H]1C2. The van der Waals surface area contributed by atoms with Gasteiger partial charge in [-0.2, -0.15) is 0 Å². The predicted octanol–water partition coefficient (Wildman–Crippen LogP) is 1.83. The van der Waals surface area contributed by atoms with Gasteiger partial charge >= 0.3 is 0 Å². The highest BCUT2D eigenvalue weighted by molar-refractivity contribution is 6.24. The number of nitrogens with two attached hydrogens (primary N) is 1. The van der Waals surface area contributed by atoms with Crippen molar-refractivity contribution in [3.8, 4) is 11.5 Å². The zero-order chi connectivity index (χ0) is 30.7. The summed E-state index contributed by atoms with van der Waals surface area (Å²) in [6.45, 7) is 0.120. The number of methoxy groups -OCH3 is 1. The van der Waals surface area contributed by atoms with Crippen molar-refractivity contribution in [3.63, 3.8) is 0 Å². The first-order chi connectivity index (χ1) is 19.9. The van der Waals surface area contributed by atoms with E-state index >= 15 is 0 Å². The molecular weight excluding hydrogens is 544 g/mol. The first kappa shape index (κ1) is 29.6. The fourth-order valence-corrected chi connectivity index (χ4v) is 7.13. The first-order valence-corrected chi connectivity index (χ1v) is 14.0. The van der Waals surface area contributed by atoms with Crippen molar-refractivity contribution < 1.29 is 44.7 Å². The van der Waals surface area contributed by atoms with Crippen LogP contribution < -0.4 is 10.5 Å². The number of aliphatic hydroxyl groups excluding tert-OH is 3. The number of hydrogen-bond acceptors (Lipinski definition) is 10. The maximum absolute atomic E-state index is 14.1. The van der Waals surface area contributed by atoms with Crippen molar-refractivity contribution in [2.24, 2.45) is 17.6 Å². The molecule has 3 aliphatic carbocycles. The number of rotatable bonds is 8. The van der Waals surface area contributed by atoms with Crippen LogP contribution in [0.15, 0.2) is 35.1 Å². The molecule has 3 aliphatic rings. The second-order valence-corrected chi connectivity index (χ2v) is 11.6. The molecule has 11 nitrogen and oxygen atoms in total. The largest absolute Gasteiger partial charge is 0.508 e. The van der Waals surface area contributed by atoms with E-state index in [1.165, 1.54) is 12.0 Å². The number of carbonyl (C=O) groups is 3. The van der Waals surface area contributed by atoms with E-state index in [-0.39, 0.29) is 36.3 Å². The number of phenols is 1. The van der Waals surface area contributed by atoms with Crippen LogP contribution in [0.5, 0.6) is 11.5 Å². The van der Waals surface area contributed by atoms with Gasteiger partial charge in [0, 0.05) is 34.4 Å². The second kappa shape index (κ2) is 10.7. The number of nitrogens with zero attached hydrogens (tertiary/aromatic N) is 1. The van der Waals surface area contributed by atoms with Crippen LogP contribution in [-0.2, 0) is 27.2 Å². The molecule has 2 aromatic rings. The Hall–Kier alpha value is -3.93. The monoisotopic (exact) mass is 580 g/mol.